The minimum atomic E-state index is 0.869. The van der Waals surface area contributed by atoms with Crippen molar-refractivity contribution in [2.75, 3.05) is 0 Å². The van der Waals surface area contributed by atoms with Crippen LogP contribution >= 0.6 is 0 Å². The molecule has 0 saturated heterocycles. The van der Waals surface area contributed by atoms with Gasteiger partial charge in [-0.1, -0.05) is 98.1 Å². The molecule has 200 valence electrons. The number of rotatable bonds is 6. The Labute approximate surface area is 246 Å². The largest absolute Gasteiger partial charge is 0.252 e. The average molecular weight is 539 g/mol. The maximum Gasteiger partial charge on any atom is 0.0675 e. The van der Waals surface area contributed by atoms with Crippen LogP contribution in [0.5, 0.6) is 0 Å². The van der Waals surface area contributed by atoms with Gasteiger partial charge in [0, 0.05) is 24.3 Å². The zero-order valence-electron chi connectivity index (χ0n) is 23.5. The van der Waals surface area contributed by atoms with Crippen LogP contribution in [0.25, 0.3) is 21.9 Å². The van der Waals surface area contributed by atoms with E-state index in [2.05, 4.69) is 110 Å². The van der Waals surface area contributed by atoms with Gasteiger partial charge in [-0.15, -0.1) is 0 Å². The van der Waals surface area contributed by atoms with E-state index in [1.165, 1.54) is 66.7 Å². The number of hydrogen-bond acceptors (Lipinski definition) is 2. The van der Waals surface area contributed by atoms with Crippen LogP contribution in [0.4, 0.5) is 11.4 Å². The van der Waals surface area contributed by atoms with E-state index in [-0.39, 0.29) is 0 Å². The fourth-order valence-corrected chi connectivity index (χ4v) is 6.52. The van der Waals surface area contributed by atoms with Crippen LogP contribution < -0.4 is 0 Å². The van der Waals surface area contributed by atoms with E-state index >= 15 is 0 Å². The second-order valence-electron chi connectivity index (χ2n) is 11.6. The Bertz CT molecular complexity index is 1880. The lowest BCUT2D eigenvalue weighted by atomic mass is 9.94. The summed E-state index contributed by atoms with van der Waals surface area (Å²) < 4.78 is 0. The first-order valence-electron chi connectivity index (χ1n) is 14.6. The summed E-state index contributed by atoms with van der Waals surface area (Å²) in [5.41, 5.74) is 16.8. The Kier molecular flexibility index (Phi) is 5.75. The molecule has 2 aliphatic carbocycles. The summed E-state index contributed by atoms with van der Waals surface area (Å²) in [6, 6.07) is 30.0. The van der Waals surface area contributed by atoms with Gasteiger partial charge in [0.25, 0.3) is 0 Å². The zero-order chi connectivity index (χ0) is 28.2. The monoisotopic (exact) mass is 538 g/mol. The number of nitrogens with zero attached hydrogens (tertiary/aromatic N) is 2. The first-order chi connectivity index (χ1) is 20.6. The topological polar surface area (TPSA) is 24.7 Å². The standard InChI is InChI=1S/C40H30N2/c1-25(27-9-5-3-6-10-27)29-13-15-31(17-29)37-23-35-19-33-22-40-36(20-34(33)21-39(35)41-37)24-38(42-40)32-16-14-30(18-32)26(2)28-11-7-4-8-12-28/h3-16,19-22H,1-2,17-18,23-24H2. The second kappa shape index (κ2) is 9.78. The lowest BCUT2D eigenvalue weighted by molar-refractivity contribution is 1.26. The van der Waals surface area contributed by atoms with Crippen LogP contribution in [0.2, 0.25) is 0 Å². The summed E-state index contributed by atoms with van der Waals surface area (Å²) >= 11 is 0. The van der Waals surface area contributed by atoms with Crippen LogP contribution in [0.1, 0.15) is 35.1 Å². The molecule has 0 aromatic heterocycles. The fourth-order valence-electron chi connectivity index (χ4n) is 6.52. The summed E-state index contributed by atoms with van der Waals surface area (Å²) in [6.07, 6.45) is 12.4. The fraction of sp³-hybridized carbons (Fsp3) is 0.100. The minimum absolute atomic E-state index is 0.869. The normalized spacial score (nSPS) is 16.8. The molecule has 0 radical (unpaired) electrons. The SMILES string of the molecule is C=C(C1=CC=C(C2=Nc3cc4cc5c(cc4cc3C2)N=C(C2=CC=C(C(=C)c3ccccc3)C2)C5)C1)c1ccccc1. The van der Waals surface area contributed by atoms with Crippen molar-refractivity contribution in [3.8, 4) is 0 Å². The van der Waals surface area contributed by atoms with Crippen LogP contribution in [0.15, 0.2) is 155 Å². The molecule has 42 heavy (non-hydrogen) atoms. The van der Waals surface area contributed by atoms with Gasteiger partial charge in [-0.2, -0.15) is 0 Å². The van der Waals surface area contributed by atoms with Crippen LogP contribution in [-0.2, 0) is 12.8 Å². The molecule has 0 saturated carbocycles. The van der Waals surface area contributed by atoms with Crippen molar-refractivity contribution in [2.24, 2.45) is 9.98 Å². The molecule has 2 heterocycles. The van der Waals surface area contributed by atoms with Crippen molar-refractivity contribution in [3.05, 3.63) is 167 Å². The number of aliphatic imine (C=N–C) groups is 2. The van der Waals surface area contributed by atoms with Crippen molar-refractivity contribution in [3.63, 3.8) is 0 Å². The maximum absolute atomic E-state index is 5.10. The van der Waals surface area contributed by atoms with Gasteiger partial charge < -0.3 is 0 Å². The molecule has 2 aliphatic heterocycles. The van der Waals surface area contributed by atoms with E-state index in [0.717, 1.165) is 48.2 Å². The summed E-state index contributed by atoms with van der Waals surface area (Å²) in [7, 11) is 0. The van der Waals surface area contributed by atoms with Gasteiger partial charge in [0.2, 0.25) is 0 Å². The van der Waals surface area contributed by atoms with Gasteiger partial charge >= 0.3 is 0 Å². The molecule has 0 N–H and O–H groups in total. The van der Waals surface area contributed by atoms with Gasteiger partial charge in [0.05, 0.1) is 11.4 Å². The third-order valence-corrected chi connectivity index (χ3v) is 8.96. The molecule has 4 aliphatic rings. The highest BCUT2D eigenvalue weighted by atomic mass is 14.8. The van der Waals surface area contributed by atoms with Crippen LogP contribution in [-0.4, -0.2) is 11.4 Å². The Morgan fingerprint density at radius 1 is 0.500 bits per heavy atom. The average Bonchev–Trinajstić information content (AvgIpc) is 3.84. The van der Waals surface area contributed by atoms with Gasteiger partial charge in [0.15, 0.2) is 0 Å². The Hall–Kier alpha value is -5.08. The van der Waals surface area contributed by atoms with E-state index in [1.54, 1.807) is 0 Å². The quantitative estimate of drug-likeness (QED) is 0.233. The smallest absolute Gasteiger partial charge is 0.0675 e. The lowest BCUT2D eigenvalue weighted by Crippen LogP contribution is -2.02. The van der Waals surface area contributed by atoms with E-state index in [0.29, 0.717) is 0 Å². The highest BCUT2D eigenvalue weighted by molar-refractivity contribution is 6.11. The van der Waals surface area contributed by atoms with Gasteiger partial charge in [-0.05, 0) is 104 Å². The number of fused-ring (bicyclic) bond motifs is 3. The molecule has 0 fully saturated rings. The molecule has 2 nitrogen and oxygen atoms in total. The van der Waals surface area contributed by atoms with Crippen LogP contribution in [0.3, 0.4) is 0 Å². The minimum Gasteiger partial charge on any atom is -0.252 e. The molecule has 4 aromatic rings. The Morgan fingerprint density at radius 2 is 0.929 bits per heavy atom. The van der Waals surface area contributed by atoms with E-state index in [9.17, 15) is 0 Å². The highest BCUT2D eigenvalue weighted by Gasteiger charge is 2.25. The summed E-state index contributed by atoms with van der Waals surface area (Å²) in [5.74, 6) is 0. The molecule has 0 atom stereocenters. The first kappa shape index (κ1) is 24.7. The summed E-state index contributed by atoms with van der Waals surface area (Å²) in [5, 5.41) is 2.48. The Morgan fingerprint density at radius 3 is 1.36 bits per heavy atom. The molecule has 8 rings (SSSR count). The Balaban J connectivity index is 0.971. The number of allylic oxidation sites excluding steroid dienone is 10. The van der Waals surface area contributed by atoms with E-state index < -0.39 is 0 Å². The van der Waals surface area contributed by atoms with E-state index in [4.69, 9.17) is 9.98 Å². The van der Waals surface area contributed by atoms with Crippen molar-refractivity contribution in [2.45, 2.75) is 25.7 Å². The van der Waals surface area contributed by atoms with Gasteiger partial charge in [0.1, 0.15) is 0 Å². The van der Waals surface area contributed by atoms with Crippen LogP contribution in [0, 0.1) is 0 Å². The van der Waals surface area contributed by atoms with Crippen molar-refractivity contribution < 1.29 is 0 Å². The third-order valence-electron chi connectivity index (χ3n) is 8.96. The molecule has 0 amide bonds. The number of benzene rings is 4. The molecule has 0 unspecified atom stereocenters. The van der Waals surface area contributed by atoms with Crippen molar-refractivity contribution in [1.82, 2.24) is 0 Å². The van der Waals surface area contributed by atoms with Gasteiger partial charge in [-0.3, -0.25) is 9.98 Å². The predicted octanol–water partition coefficient (Wildman–Crippen LogP) is 10.0. The number of hydrogen-bond donors (Lipinski definition) is 0. The van der Waals surface area contributed by atoms with Crippen molar-refractivity contribution in [1.29, 1.82) is 0 Å². The zero-order valence-corrected chi connectivity index (χ0v) is 23.5. The molecule has 2 heteroatoms. The van der Waals surface area contributed by atoms with E-state index in [1.807, 2.05) is 12.1 Å². The summed E-state index contributed by atoms with van der Waals surface area (Å²) in [4.78, 5) is 10.2. The molecule has 0 spiro atoms. The first-order valence-corrected chi connectivity index (χ1v) is 14.6. The highest BCUT2D eigenvalue weighted by Crippen LogP contribution is 2.41. The van der Waals surface area contributed by atoms with Gasteiger partial charge in [-0.25, -0.2) is 0 Å². The predicted molar refractivity (Wildman–Crippen MR) is 178 cm³/mol. The maximum atomic E-state index is 5.10. The third kappa shape index (κ3) is 4.28. The molecule has 4 aromatic carbocycles. The second-order valence-corrected chi connectivity index (χ2v) is 11.6. The molecule has 0 bridgehead atoms. The van der Waals surface area contributed by atoms with Crippen molar-refractivity contribution >= 4 is 44.7 Å². The summed E-state index contributed by atoms with van der Waals surface area (Å²) in [6.45, 7) is 8.73. The molecular weight excluding hydrogens is 508 g/mol. The molecular formula is C40H30N2. The lowest BCUT2D eigenvalue weighted by Gasteiger charge is -2.09.